The Morgan fingerprint density at radius 3 is 2.62 bits per heavy atom. The van der Waals surface area contributed by atoms with Gasteiger partial charge in [-0.15, -0.1) is 6.58 Å². The minimum Gasteiger partial charge on any atom is -0.464 e. The van der Waals surface area contributed by atoms with Gasteiger partial charge in [0, 0.05) is 28.0 Å². The molecule has 0 aliphatic carbocycles. The van der Waals surface area contributed by atoms with Crippen LogP contribution in [0.3, 0.4) is 0 Å². The second-order valence-corrected chi connectivity index (χ2v) is 5.85. The molecule has 0 saturated heterocycles. The maximum absolute atomic E-state index is 12.2. The molecule has 3 nitrogen and oxygen atoms in total. The number of hydrogen-bond donors (Lipinski definition) is 0. The van der Waals surface area contributed by atoms with E-state index in [0.29, 0.717) is 23.2 Å². The largest absolute Gasteiger partial charge is 0.464 e. The maximum Gasteiger partial charge on any atom is 0.340 e. The van der Waals surface area contributed by atoms with E-state index < -0.39 is 0 Å². The third-order valence-electron chi connectivity index (χ3n) is 4.41. The summed E-state index contributed by atoms with van der Waals surface area (Å²) in [5.74, 6) is 0. The van der Waals surface area contributed by atoms with Crippen LogP contribution in [0.5, 0.6) is 0 Å². The molecule has 24 heavy (non-hydrogen) atoms. The second-order valence-electron chi connectivity index (χ2n) is 5.85. The van der Waals surface area contributed by atoms with Crippen LogP contribution < -0.4 is 5.63 Å². The number of fused-ring (bicyclic) bond motifs is 2. The van der Waals surface area contributed by atoms with E-state index in [1.165, 1.54) is 0 Å². The first-order valence-electron chi connectivity index (χ1n) is 7.83. The molecule has 0 bridgehead atoms. The maximum atomic E-state index is 12.2. The lowest BCUT2D eigenvalue weighted by Crippen LogP contribution is -2.09. The number of benzene rings is 2. The molecule has 2 heterocycles. The van der Waals surface area contributed by atoms with Gasteiger partial charge in [0.1, 0.15) is 11.2 Å². The van der Waals surface area contributed by atoms with Gasteiger partial charge in [0.2, 0.25) is 0 Å². The smallest absolute Gasteiger partial charge is 0.340 e. The Hall–Kier alpha value is -3.07. The lowest BCUT2D eigenvalue weighted by atomic mass is 9.99. The highest BCUT2D eigenvalue weighted by Gasteiger charge is 2.15. The summed E-state index contributed by atoms with van der Waals surface area (Å²) in [6, 6.07) is 13.9. The highest BCUT2D eigenvalue weighted by atomic mass is 16.4. The fraction of sp³-hybridized carbons (Fsp3) is 0.0952. The van der Waals surface area contributed by atoms with Crippen molar-refractivity contribution in [3.8, 4) is 11.1 Å². The molecule has 0 unspecified atom stereocenters. The molecule has 0 atom stereocenters. The van der Waals surface area contributed by atoms with Gasteiger partial charge >= 0.3 is 5.63 Å². The zero-order valence-corrected chi connectivity index (χ0v) is 13.3. The van der Waals surface area contributed by atoms with Crippen molar-refractivity contribution in [1.29, 1.82) is 0 Å². The van der Waals surface area contributed by atoms with Crippen LogP contribution in [0.4, 0.5) is 0 Å². The predicted octanol–water partition coefficient (Wildman–Crippen LogP) is 5.24. The summed E-state index contributed by atoms with van der Waals surface area (Å²) >= 11 is 0. The van der Waals surface area contributed by atoms with Crippen LogP contribution in [0, 0.1) is 6.92 Å². The SMILES string of the molecule is C=CCc1c(C)c2cc3c(-c4ccccc4)coc3cc2oc1=O. The summed E-state index contributed by atoms with van der Waals surface area (Å²) in [5.41, 5.74) is 4.66. The zero-order valence-electron chi connectivity index (χ0n) is 13.3. The summed E-state index contributed by atoms with van der Waals surface area (Å²) in [5, 5.41) is 1.94. The summed E-state index contributed by atoms with van der Waals surface area (Å²) < 4.78 is 11.2. The van der Waals surface area contributed by atoms with E-state index in [2.05, 4.69) is 18.7 Å². The first kappa shape index (κ1) is 14.5. The molecule has 2 aromatic carbocycles. The molecule has 4 rings (SSSR count). The van der Waals surface area contributed by atoms with E-state index in [1.54, 1.807) is 18.4 Å². The van der Waals surface area contributed by atoms with Gasteiger partial charge in [-0.1, -0.05) is 36.4 Å². The molecule has 3 heteroatoms. The van der Waals surface area contributed by atoms with Crippen molar-refractivity contribution < 1.29 is 8.83 Å². The molecule has 0 N–H and O–H groups in total. The minimum absolute atomic E-state index is 0.311. The van der Waals surface area contributed by atoms with Gasteiger partial charge < -0.3 is 8.83 Å². The number of furan rings is 1. The third-order valence-corrected chi connectivity index (χ3v) is 4.41. The van der Waals surface area contributed by atoms with Gasteiger partial charge in [-0.05, 0) is 30.5 Å². The molecule has 0 amide bonds. The average molecular weight is 316 g/mol. The van der Waals surface area contributed by atoms with Crippen molar-refractivity contribution in [2.24, 2.45) is 0 Å². The van der Waals surface area contributed by atoms with Crippen LogP contribution in [-0.4, -0.2) is 0 Å². The monoisotopic (exact) mass is 316 g/mol. The van der Waals surface area contributed by atoms with Crippen LogP contribution in [-0.2, 0) is 6.42 Å². The number of hydrogen-bond acceptors (Lipinski definition) is 3. The van der Waals surface area contributed by atoms with E-state index in [1.807, 2.05) is 31.2 Å². The van der Waals surface area contributed by atoms with Crippen LogP contribution in [0.15, 0.2) is 75.0 Å². The Morgan fingerprint density at radius 2 is 1.88 bits per heavy atom. The predicted molar refractivity (Wildman–Crippen MR) is 96.3 cm³/mol. The van der Waals surface area contributed by atoms with Crippen LogP contribution in [0.2, 0.25) is 0 Å². The Morgan fingerprint density at radius 1 is 1.08 bits per heavy atom. The van der Waals surface area contributed by atoms with Crippen LogP contribution >= 0.6 is 0 Å². The summed E-state index contributed by atoms with van der Waals surface area (Å²) in [6.07, 6.45) is 3.97. The van der Waals surface area contributed by atoms with Crippen LogP contribution in [0.25, 0.3) is 33.1 Å². The topological polar surface area (TPSA) is 43.4 Å². The van der Waals surface area contributed by atoms with E-state index in [4.69, 9.17) is 8.83 Å². The first-order valence-corrected chi connectivity index (χ1v) is 7.83. The Balaban J connectivity index is 2.05. The summed E-state index contributed by atoms with van der Waals surface area (Å²) in [4.78, 5) is 12.2. The fourth-order valence-electron chi connectivity index (χ4n) is 3.13. The molecule has 118 valence electrons. The molecular weight excluding hydrogens is 300 g/mol. The quantitative estimate of drug-likeness (QED) is 0.383. The van der Waals surface area contributed by atoms with Crippen molar-refractivity contribution in [3.05, 3.63) is 82.9 Å². The van der Waals surface area contributed by atoms with Gasteiger partial charge in [-0.2, -0.15) is 0 Å². The van der Waals surface area contributed by atoms with E-state index in [-0.39, 0.29) is 5.63 Å². The number of aryl methyl sites for hydroxylation is 1. The normalized spacial score (nSPS) is 11.2. The van der Waals surface area contributed by atoms with Crippen LogP contribution in [0.1, 0.15) is 11.1 Å². The lowest BCUT2D eigenvalue weighted by molar-refractivity contribution is 0.550. The van der Waals surface area contributed by atoms with Crippen molar-refractivity contribution >= 4 is 21.9 Å². The van der Waals surface area contributed by atoms with Crippen molar-refractivity contribution in [2.75, 3.05) is 0 Å². The van der Waals surface area contributed by atoms with Gasteiger partial charge in [-0.3, -0.25) is 0 Å². The highest BCUT2D eigenvalue weighted by Crippen LogP contribution is 2.34. The van der Waals surface area contributed by atoms with Crippen molar-refractivity contribution in [2.45, 2.75) is 13.3 Å². The highest BCUT2D eigenvalue weighted by molar-refractivity contribution is 6.02. The average Bonchev–Trinajstić information content (AvgIpc) is 3.01. The molecule has 0 saturated carbocycles. The standard InChI is InChI=1S/C21H16O3/c1-3-7-15-13(2)16-10-17-18(14-8-5-4-6-9-14)12-23-19(17)11-20(16)24-21(15)22/h3-6,8-12H,1,7H2,2H3. The Bertz CT molecular complexity index is 1110. The first-order chi connectivity index (χ1) is 11.7. The minimum atomic E-state index is -0.311. The summed E-state index contributed by atoms with van der Waals surface area (Å²) in [7, 11) is 0. The van der Waals surface area contributed by atoms with Gasteiger partial charge in [0.25, 0.3) is 0 Å². The molecule has 4 aromatic rings. The Kier molecular flexibility index (Phi) is 3.35. The number of allylic oxidation sites excluding steroid dienone is 1. The fourth-order valence-corrected chi connectivity index (χ4v) is 3.13. The van der Waals surface area contributed by atoms with E-state index in [9.17, 15) is 4.79 Å². The number of rotatable bonds is 3. The molecule has 0 radical (unpaired) electrons. The van der Waals surface area contributed by atoms with E-state index in [0.717, 1.165) is 27.5 Å². The molecule has 2 aromatic heterocycles. The molecule has 0 aliphatic rings. The Labute approximate surface area is 138 Å². The lowest BCUT2D eigenvalue weighted by Gasteiger charge is -2.06. The third kappa shape index (κ3) is 2.17. The van der Waals surface area contributed by atoms with Gasteiger partial charge in [0.05, 0.1) is 6.26 Å². The van der Waals surface area contributed by atoms with Gasteiger partial charge in [-0.25, -0.2) is 4.79 Å². The molecule has 0 aliphatic heterocycles. The van der Waals surface area contributed by atoms with Crippen molar-refractivity contribution in [1.82, 2.24) is 0 Å². The van der Waals surface area contributed by atoms with Gasteiger partial charge in [0.15, 0.2) is 0 Å². The molecule has 0 fully saturated rings. The second kappa shape index (κ2) is 5.53. The van der Waals surface area contributed by atoms with E-state index >= 15 is 0 Å². The molecular formula is C21H16O3. The molecule has 0 spiro atoms. The summed E-state index contributed by atoms with van der Waals surface area (Å²) in [6.45, 7) is 5.67. The van der Waals surface area contributed by atoms with Crippen molar-refractivity contribution in [3.63, 3.8) is 0 Å². The zero-order chi connectivity index (χ0) is 16.7.